The van der Waals surface area contributed by atoms with Crippen molar-refractivity contribution in [2.75, 3.05) is 4.90 Å². The zero-order valence-electron chi connectivity index (χ0n) is 35.7. The molecule has 0 atom stereocenters. The van der Waals surface area contributed by atoms with E-state index in [0.29, 0.717) is 0 Å². The van der Waals surface area contributed by atoms with E-state index in [1.54, 1.807) is 0 Å². The first-order valence-electron chi connectivity index (χ1n) is 20.5. The summed E-state index contributed by atoms with van der Waals surface area (Å²) in [4.78, 5) is 2.46. The van der Waals surface area contributed by atoms with E-state index in [2.05, 4.69) is 204 Å². The Morgan fingerprint density at radius 3 is 1.59 bits per heavy atom. The van der Waals surface area contributed by atoms with E-state index >= 15 is 0 Å². The van der Waals surface area contributed by atoms with E-state index in [4.69, 9.17) is 4.42 Å². The van der Waals surface area contributed by atoms with Crippen molar-refractivity contribution in [3.8, 4) is 22.3 Å². The van der Waals surface area contributed by atoms with Gasteiger partial charge in [-0.15, -0.1) is 0 Å². The van der Waals surface area contributed by atoms with Gasteiger partial charge in [0.05, 0.1) is 5.69 Å². The van der Waals surface area contributed by atoms with Crippen LogP contribution in [0.25, 0.3) is 44.2 Å². The Morgan fingerprint density at radius 2 is 1.00 bits per heavy atom. The minimum atomic E-state index is -0.161. The van der Waals surface area contributed by atoms with Gasteiger partial charge >= 0.3 is 0 Å². The third-order valence-corrected chi connectivity index (χ3v) is 13.1. The highest BCUT2D eigenvalue weighted by molar-refractivity contribution is 6.12. The second kappa shape index (κ2) is 11.7. The van der Waals surface area contributed by atoms with Gasteiger partial charge in [-0.1, -0.05) is 163 Å². The van der Waals surface area contributed by atoms with Crippen LogP contribution < -0.4 is 4.90 Å². The fraction of sp³-hybridized carbons (Fsp3) is 0.333. The van der Waals surface area contributed by atoms with E-state index in [0.717, 1.165) is 33.6 Å². The van der Waals surface area contributed by atoms with E-state index < -0.39 is 0 Å². The van der Waals surface area contributed by atoms with Gasteiger partial charge in [0.1, 0.15) is 5.58 Å². The highest BCUT2D eigenvalue weighted by atomic mass is 16.3. The van der Waals surface area contributed by atoms with Crippen molar-refractivity contribution >= 4 is 39.0 Å². The fourth-order valence-electron chi connectivity index (χ4n) is 9.70. The van der Waals surface area contributed by atoms with E-state index in [1.807, 2.05) is 0 Å². The Morgan fingerprint density at radius 1 is 0.464 bits per heavy atom. The molecule has 0 radical (unpaired) electrons. The summed E-state index contributed by atoms with van der Waals surface area (Å²) in [5.41, 5.74) is 19.7. The molecule has 56 heavy (non-hydrogen) atoms. The summed E-state index contributed by atoms with van der Waals surface area (Å²) in [6.45, 7) is 30.3. The van der Waals surface area contributed by atoms with Crippen LogP contribution in [0.3, 0.4) is 0 Å². The van der Waals surface area contributed by atoms with Crippen molar-refractivity contribution in [3.63, 3.8) is 0 Å². The molecule has 284 valence electrons. The van der Waals surface area contributed by atoms with Gasteiger partial charge in [0.2, 0.25) is 0 Å². The molecule has 0 amide bonds. The van der Waals surface area contributed by atoms with Crippen LogP contribution in [0, 0.1) is 0 Å². The lowest BCUT2D eigenvalue weighted by Gasteiger charge is -2.30. The zero-order valence-corrected chi connectivity index (χ0v) is 35.7. The maximum atomic E-state index is 7.15. The molecule has 0 N–H and O–H groups in total. The van der Waals surface area contributed by atoms with Crippen LogP contribution in [-0.2, 0) is 27.1 Å². The average molecular weight is 736 g/mol. The van der Waals surface area contributed by atoms with Gasteiger partial charge < -0.3 is 9.32 Å². The van der Waals surface area contributed by atoms with Crippen molar-refractivity contribution in [1.82, 2.24) is 0 Å². The number of para-hydroxylation sites is 1. The second-order valence-electron chi connectivity index (χ2n) is 20.8. The van der Waals surface area contributed by atoms with Crippen LogP contribution in [0.2, 0.25) is 0 Å². The molecule has 1 heterocycles. The number of fused-ring (bicyclic) bond motifs is 9. The molecule has 0 saturated heterocycles. The Kier molecular flexibility index (Phi) is 7.66. The van der Waals surface area contributed by atoms with Crippen LogP contribution in [0.5, 0.6) is 0 Å². The molecule has 0 unspecified atom stereocenters. The summed E-state index contributed by atoms with van der Waals surface area (Å²) in [5, 5.41) is 2.37. The molecule has 7 aromatic rings. The number of hydrogen-bond acceptors (Lipinski definition) is 2. The lowest BCUT2D eigenvalue weighted by atomic mass is 9.79. The number of benzene rings is 6. The minimum Gasteiger partial charge on any atom is -0.454 e. The van der Waals surface area contributed by atoms with Crippen LogP contribution in [0.1, 0.15) is 129 Å². The molecule has 2 heteroatoms. The van der Waals surface area contributed by atoms with Crippen molar-refractivity contribution in [2.24, 2.45) is 0 Å². The maximum absolute atomic E-state index is 7.15. The first-order chi connectivity index (χ1) is 26.2. The molecule has 0 bridgehead atoms. The van der Waals surface area contributed by atoms with Gasteiger partial charge in [-0.05, 0) is 114 Å². The molecule has 0 aliphatic heterocycles. The normalized spacial score (nSPS) is 15.5. The van der Waals surface area contributed by atoms with Crippen molar-refractivity contribution in [3.05, 3.63) is 148 Å². The third kappa shape index (κ3) is 5.35. The molecule has 2 aliphatic carbocycles. The average Bonchev–Trinajstić information content (AvgIpc) is 3.70. The second-order valence-corrected chi connectivity index (χ2v) is 20.8. The quantitative estimate of drug-likeness (QED) is 0.180. The molecule has 9 rings (SSSR count). The Hall–Kier alpha value is -5.08. The number of anilines is 3. The molecule has 1 aromatic heterocycles. The molecular formula is C54H57NO. The van der Waals surface area contributed by atoms with Gasteiger partial charge in [0, 0.05) is 33.0 Å². The fourth-order valence-corrected chi connectivity index (χ4v) is 9.70. The van der Waals surface area contributed by atoms with Gasteiger partial charge in [0.25, 0.3) is 0 Å². The molecule has 6 aromatic carbocycles. The van der Waals surface area contributed by atoms with Crippen LogP contribution in [-0.4, -0.2) is 0 Å². The lowest BCUT2D eigenvalue weighted by molar-refractivity contribution is 0.569. The first kappa shape index (κ1) is 36.6. The van der Waals surface area contributed by atoms with E-state index in [1.165, 1.54) is 66.6 Å². The van der Waals surface area contributed by atoms with Gasteiger partial charge in [-0.2, -0.15) is 0 Å². The predicted octanol–water partition coefficient (Wildman–Crippen LogP) is 15.6. The predicted molar refractivity (Wildman–Crippen MR) is 240 cm³/mol. The summed E-state index contributed by atoms with van der Waals surface area (Å²) in [7, 11) is 0. The zero-order chi connectivity index (χ0) is 39.9. The molecule has 0 fully saturated rings. The summed E-state index contributed by atoms with van der Waals surface area (Å²) < 4.78 is 7.15. The van der Waals surface area contributed by atoms with Gasteiger partial charge in [-0.25, -0.2) is 0 Å². The Labute approximate surface area is 334 Å². The molecule has 0 spiro atoms. The van der Waals surface area contributed by atoms with E-state index in [-0.39, 0.29) is 27.1 Å². The number of furan rings is 1. The largest absolute Gasteiger partial charge is 0.454 e. The summed E-state index contributed by atoms with van der Waals surface area (Å²) in [6, 6.07) is 41.8. The van der Waals surface area contributed by atoms with Gasteiger partial charge in [0.15, 0.2) is 5.58 Å². The topological polar surface area (TPSA) is 16.4 Å². The molecule has 0 saturated carbocycles. The Balaban J connectivity index is 1.31. The maximum Gasteiger partial charge on any atom is 0.159 e. The highest BCUT2D eigenvalue weighted by Crippen LogP contribution is 2.54. The number of rotatable bonds is 3. The smallest absolute Gasteiger partial charge is 0.159 e. The lowest BCUT2D eigenvalue weighted by Crippen LogP contribution is -2.19. The molecule has 2 aliphatic rings. The summed E-state index contributed by atoms with van der Waals surface area (Å²) in [5.74, 6) is 0. The van der Waals surface area contributed by atoms with Crippen LogP contribution in [0.15, 0.2) is 114 Å². The highest BCUT2D eigenvalue weighted by Gasteiger charge is 2.39. The molecular weight excluding hydrogens is 679 g/mol. The monoisotopic (exact) mass is 735 g/mol. The SMILES string of the molecule is CC(C)(C)c1ccc2c(c1)C(C)(C)c1cc(N(c3ccc4c(c3)C(C)(C)c3ccccc3-4)c3cccc4c3oc3cc(C(C)(C)C)cc(C(C)(C)C)c34)ccc1-2. The standard InChI is InChI=1S/C54H57NO/c1-50(2,3)32-21-24-37-39-26-23-35(31-44(39)54(12,13)42(37)27-32)55(34-22-25-38-36-17-14-15-19-41(36)53(10,11)43(38)30-34)46-20-16-18-40-48-45(52(7,8)9)28-33(51(4,5)6)29-47(48)56-49(40)46/h14-31H,1-13H3. The first-order valence-corrected chi connectivity index (χ1v) is 20.5. The van der Waals surface area contributed by atoms with Crippen molar-refractivity contribution in [2.45, 2.75) is 117 Å². The number of nitrogens with zero attached hydrogens (tertiary/aromatic N) is 1. The van der Waals surface area contributed by atoms with Crippen molar-refractivity contribution in [1.29, 1.82) is 0 Å². The van der Waals surface area contributed by atoms with Crippen LogP contribution >= 0.6 is 0 Å². The van der Waals surface area contributed by atoms with Gasteiger partial charge in [-0.3, -0.25) is 0 Å². The van der Waals surface area contributed by atoms with E-state index in [9.17, 15) is 0 Å². The third-order valence-electron chi connectivity index (χ3n) is 13.1. The summed E-state index contributed by atoms with van der Waals surface area (Å²) >= 11 is 0. The minimum absolute atomic E-state index is 0.0146. The van der Waals surface area contributed by atoms with Crippen LogP contribution in [0.4, 0.5) is 17.1 Å². The summed E-state index contributed by atoms with van der Waals surface area (Å²) in [6.07, 6.45) is 0. The Bertz CT molecular complexity index is 2750. The molecule has 2 nitrogen and oxygen atoms in total. The number of hydrogen-bond donors (Lipinski definition) is 0. The van der Waals surface area contributed by atoms with Crippen molar-refractivity contribution < 1.29 is 4.42 Å².